The monoisotopic (exact) mass is 540 g/mol. The first-order valence-electron chi connectivity index (χ1n) is 16.4. The summed E-state index contributed by atoms with van der Waals surface area (Å²) < 4.78 is 31.4. The Bertz CT molecular complexity index is 530. The van der Waals surface area contributed by atoms with E-state index in [1.54, 1.807) is 0 Å². The van der Waals surface area contributed by atoms with Crippen LogP contribution in [0.25, 0.3) is 0 Å². The van der Waals surface area contributed by atoms with Gasteiger partial charge in [0.15, 0.2) is 0 Å². The summed E-state index contributed by atoms with van der Waals surface area (Å²) in [4.78, 5) is 0. The molecule has 0 aromatic rings. The summed E-state index contributed by atoms with van der Waals surface area (Å²) in [5.41, 5.74) is 0. The number of hydrogen-bond acceptors (Lipinski definition) is 6. The number of ether oxygens (including phenoxy) is 6. The molecular weight excluding hydrogens is 480 g/mol. The number of unbranched alkanes of at least 4 members (excludes halogenated alkanes) is 2. The molecule has 2 aliphatic carbocycles. The van der Waals surface area contributed by atoms with E-state index >= 15 is 0 Å². The minimum absolute atomic E-state index is 0.432. The quantitative estimate of drug-likeness (QED) is 0.173. The Labute approximate surface area is 234 Å². The smallest absolute Gasteiger partial charge is 0.104 e. The Balaban J connectivity index is 0.000000141. The summed E-state index contributed by atoms with van der Waals surface area (Å²) in [6.07, 6.45) is 22.2. The molecule has 6 heteroatoms. The van der Waals surface area contributed by atoms with Crippen molar-refractivity contribution in [3.63, 3.8) is 0 Å². The fraction of sp³-hybridized carbons (Fsp3) is 1.00. The van der Waals surface area contributed by atoms with Crippen LogP contribution in [0.3, 0.4) is 0 Å². The highest BCUT2D eigenvalue weighted by molar-refractivity contribution is 4.92. The fourth-order valence-corrected chi connectivity index (χ4v) is 5.57. The SMILES string of the molecule is CCCC1CCC2OC2C1.CCCC1CCC2OC2C1.CCCCOCC1CO1.CCCCOCC1CO1. The fourth-order valence-electron chi connectivity index (χ4n) is 5.57. The first-order chi connectivity index (χ1) is 18.7. The van der Waals surface area contributed by atoms with Crippen molar-refractivity contribution < 1.29 is 28.4 Å². The van der Waals surface area contributed by atoms with Gasteiger partial charge in [-0.25, -0.2) is 0 Å². The molecule has 0 amide bonds. The number of rotatable bonds is 14. The summed E-state index contributed by atoms with van der Waals surface area (Å²) >= 11 is 0. The second-order valence-electron chi connectivity index (χ2n) is 12.1. The third kappa shape index (κ3) is 14.9. The van der Waals surface area contributed by atoms with Gasteiger partial charge < -0.3 is 28.4 Å². The van der Waals surface area contributed by atoms with Crippen LogP contribution in [0.5, 0.6) is 0 Å². The van der Waals surface area contributed by atoms with Crippen LogP contribution in [0.4, 0.5) is 0 Å². The van der Waals surface area contributed by atoms with Crippen LogP contribution >= 0.6 is 0 Å². The van der Waals surface area contributed by atoms with Crippen molar-refractivity contribution in [1.82, 2.24) is 0 Å². The van der Waals surface area contributed by atoms with Gasteiger partial charge in [-0.2, -0.15) is 0 Å². The second kappa shape index (κ2) is 19.0. The number of epoxide rings is 4. The van der Waals surface area contributed by atoms with Gasteiger partial charge in [0, 0.05) is 13.2 Å². The first-order valence-corrected chi connectivity index (χ1v) is 16.4. The molecule has 8 atom stereocenters. The minimum atomic E-state index is 0.432. The highest BCUT2D eigenvalue weighted by atomic mass is 16.6. The lowest BCUT2D eigenvalue weighted by Crippen LogP contribution is -2.12. The van der Waals surface area contributed by atoms with Crippen molar-refractivity contribution in [3.8, 4) is 0 Å². The van der Waals surface area contributed by atoms with Crippen LogP contribution in [-0.2, 0) is 28.4 Å². The second-order valence-corrected chi connectivity index (χ2v) is 12.1. The standard InChI is InChI=1S/2C9H16O.2C7H14O2/c2*1-2-3-7-4-5-8-9(6-7)10-8;2*1-2-3-4-8-5-7-6-9-7/h2*7-9H,2-6H2,1H3;2*7H,2-6H2,1H3. The Morgan fingerprint density at radius 3 is 1.29 bits per heavy atom. The largest absolute Gasteiger partial charge is 0.379 e. The van der Waals surface area contributed by atoms with Gasteiger partial charge in [0.25, 0.3) is 0 Å². The molecule has 0 spiro atoms. The predicted molar refractivity (Wildman–Crippen MR) is 153 cm³/mol. The van der Waals surface area contributed by atoms with Crippen molar-refractivity contribution in [2.24, 2.45) is 11.8 Å². The topological polar surface area (TPSA) is 68.6 Å². The Morgan fingerprint density at radius 2 is 0.974 bits per heavy atom. The van der Waals surface area contributed by atoms with Gasteiger partial charge in [0.1, 0.15) is 12.2 Å². The number of hydrogen-bond donors (Lipinski definition) is 0. The maximum atomic E-state index is 5.45. The molecule has 6 aliphatic rings. The van der Waals surface area contributed by atoms with Gasteiger partial charge in [-0.05, 0) is 63.2 Å². The number of fused-ring (bicyclic) bond motifs is 2. The summed E-state index contributed by atoms with van der Waals surface area (Å²) in [7, 11) is 0. The van der Waals surface area contributed by atoms with Gasteiger partial charge in [0.2, 0.25) is 0 Å². The average molecular weight is 541 g/mol. The van der Waals surface area contributed by atoms with Crippen LogP contribution in [0.1, 0.15) is 118 Å². The third-order valence-electron chi connectivity index (χ3n) is 8.32. The van der Waals surface area contributed by atoms with E-state index in [1.165, 1.54) is 89.9 Å². The van der Waals surface area contributed by atoms with Gasteiger partial charge in [0.05, 0.1) is 50.8 Å². The average Bonchev–Trinajstić information content (AvgIpc) is 3.76. The normalized spacial score (nSPS) is 35.1. The zero-order valence-corrected chi connectivity index (χ0v) is 25.2. The Hall–Kier alpha value is -0.240. The van der Waals surface area contributed by atoms with Crippen LogP contribution in [0, 0.1) is 11.8 Å². The van der Waals surface area contributed by atoms with E-state index in [2.05, 4.69) is 27.7 Å². The Morgan fingerprint density at radius 1 is 0.553 bits per heavy atom. The zero-order valence-electron chi connectivity index (χ0n) is 25.2. The van der Waals surface area contributed by atoms with E-state index < -0.39 is 0 Å². The molecule has 4 saturated heterocycles. The maximum Gasteiger partial charge on any atom is 0.104 e. The van der Waals surface area contributed by atoms with Crippen molar-refractivity contribution in [3.05, 3.63) is 0 Å². The van der Waals surface area contributed by atoms with Crippen LogP contribution in [-0.4, -0.2) is 76.3 Å². The van der Waals surface area contributed by atoms with Crippen molar-refractivity contribution in [2.75, 3.05) is 39.6 Å². The van der Waals surface area contributed by atoms with Gasteiger partial charge in [-0.15, -0.1) is 0 Å². The van der Waals surface area contributed by atoms with Crippen molar-refractivity contribution >= 4 is 0 Å². The van der Waals surface area contributed by atoms with E-state index in [0.29, 0.717) is 36.6 Å². The van der Waals surface area contributed by atoms with E-state index in [-0.39, 0.29) is 0 Å². The summed E-state index contributed by atoms with van der Waals surface area (Å²) in [6.45, 7) is 14.1. The van der Waals surface area contributed by atoms with Gasteiger partial charge >= 0.3 is 0 Å². The molecule has 38 heavy (non-hydrogen) atoms. The van der Waals surface area contributed by atoms with Crippen LogP contribution in [0.2, 0.25) is 0 Å². The molecule has 6 fully saturated rings. The molecule has 6 nitrogen and oxygen atoms in total. The van der Waals surface area contributed by atoms with Crippen molar-refractivity contribution in [1.29, 1.82) is 0 Å². The van der Waals surface area contributed by atoms with Gasteiger partial charge in [-0.1, -0.05) is 66.2 Å². The molecule has 4 heterocycles. The summed E-state index contributed by atoms with van der Waals surface area (Å²) in [5, 5.41) is 0. The third-order valence-corrected chi connectivity index (χ3v) is 8.32. The molecule has 0 aromatic carbocycles. The van der Waals surface area contributed by atoms with E-state index in [1.807, 2.05) is 0 Å². The van der Waals surface area contributed by atoms with E-state index in [0.717, 1.165) is 51.5 Å². The van der Waals surface area contributed by atoms with Crippen LogP contribution in [0.15, 0.2) is 0 Å². The zero-order chi connectivity index (χ0) is 27.0. The molecule has 0 radical (unpaired) electrons. The summed E-state index contributed by atoms with van der Waals surface area (Å²) in [6, 6.07) is 0. The molecule has 0 bridgehead atoms. The molecule has 6 rings (SSSR count). The molecule has 0 aromatic heterocycles. The minimum Gasteiger partial charge on any atom is -0.379 e. The molecule has 2 saturated carbocycles. The maximum absolute atomic E-state index is 5.45. The van der Waals surface area contributed by atoms with Gasteiger partial charge in [-0.3, -0.25) is 0 Å². The molecule has 0 N–H and O–H groups in total. The van der Waals surface area contributed by atoms with Crippen molar-refractivity contribution in [2.45, 2.75) is 154 Å². The molecule has 224 valence electrons. The lowest BCUT2D eigenvalue weighted by molar-refractivity contribution is 0.114. The highest BCUT2D eigenvalue weighted by Gasteiger charge is 2.44. The molecule has 8 unspecified atom stereocenters. The van der Waals surface area contributed by atoms with E-state index in [9.17, 15) is 0 Å². The molecular formula is C32H60O6. The first kappa shape index (κ1) is 32.3. The van der Waals surface area contributed by atoms with E-state index in [4.69, 9.17) is 28.4 Å². The molecule has 4 aliphatic heterocycles. The van der Waals surface area contributed by atoms with Crippen LogP contribution < -0.4 is 0 Å². The lowest BCUT2D eigenvalue weighted by Gasteiger charge is -2.17. The highest BCUT2D eigenvalue weighted by Crippen LogP contribution is 2.41. The Kier molecular flexibility index (Phi) is 16.1. The lowest BCUT2D eigenvalue weighted by atomic mass is 9.86. The predicted octanol–water partition coefficient (Wildman–Crippen LogP) is 7.11. The summed E-state index contributed by atoms with van der Waals surface area (Å²) in [5.74, 6) is 1.99.